The van der Waals surface area contributed by atoms with Gasteiger partial charge in [0.15, 0.2) is 0 Å². The van der Waals surface area contributed by atoms with Crippen LogP contribution < -0.4 is 4.74 Å². The van der Waals surface area contributed by atoms with Crippen LogP contribution in [0, 0.1) is 0 Å². The van der Waals surface area contributed by atoms with Gasteiger partial charge in [-0.1, -0.05) is 5.16 Å². The van der Waals surface area contributed by atoms with Gasteiger partial charge in [-0.2, -0.15) is 4.98 Å². The van der Waals surface area contributed by atoms with E-state index in [1.807, 2.05) is 6.20 Å². The summed E-state index contributed by atoms with van der Waals surface area (Å²) in [6.07, 6.45) is 9.99. The number of aromatic nitrogens is 2. The van der Waals surface area contributed by atoms with Gasteiger partial charge < -0.3 is 9.94 Å². The summed E-state index contributed by atoms with van der Waals surface area (Å²) in [4.78, 5) is 8.85. The van der Waals surface area contributed by atoms with Crippen molar-refractivity contribution >= 4 is 5.71 Å². The predicted octanol–water partition coefficient (Wildman–Crippen LogP) is 2.51. The lowest BCUT2D eigenvalue weighted by atomic mass is 9.96. The summed E-state index contributed by atoms with van der Waals surface area (Å²) >= 11 is 0. The van der Waals surface area contributed by atoms with Crippen molar-refractivity contribution in [3.63, 3.8) is 0 Å². The highest BCUT2D eigenvalue weighted by Gasteiger charge is 2.21. The molecule has 0 aliphatic heterocycles. The third-order valence-electron chi connectivity index (χ3n) is 3.97. The number of nitrogens with zero attached hydrogens (tertiary/aromatic N) is 3. The van der Waals surface area contributed by atoms with Gasteiger partial charge in [0.1, 0.15) is 6.10 Å². The topological polar surface area (TPSA) is 67.6 Å². The minimum Gasteiger partial charge on any atom is -0.460 e. The zero-order valence-electron chi connectivity index (χ0n) is 11.0. The second-order valence-corrected chi connectivity index (χ2v) is 5.32. The monoisotopic (exact) mass is 261 g/mol. The smallest absolute Gasteiger partial charge is 0.316 e. The summed E-state index contributed by atoms with van der Waals surface area (Å²) in [5.74, 6) is 0. The summed E-state index contributed by atoms with van der Waals surface area (Å²) < 4.78 is 5.86. The summed E-state index contributed by atoms with van der Waals surface area (Å²) in [5, 5.41) is 12.0. The maximum atomic E-state index is 8.72. The number of aryl methyl sites for hydroxylation is 2. The molecule has 19 heavy (non-hydrogen) atoms. The van der Waals surface area contributed by atoms with Crippen molar-refractivity contribution in [1.82, 2.24) is 9.97 Å². The van der Waals surface area contributed by atoms with E-state index in [2.05, 4.69) is 15.1 Å². The van der Waals surface area contributed by atoms with Gasteiger partial charge in [-0.15, -0.1) is 0 Å². The van der Waals surface area contributed by atoms with Gasteiger partial charge in [-0.05, 0) is 56.9 Å². The van der Waals surface area contributed by atoms with Gasteiger partial charge in [-0.25, -0.2) is 4.98 Å². The molecule has 0 bridgehead atoms. The lowest BCUT2D eigenvalue weighted by Crippen LogP contribution is -2.25. The molecule has 2 aliphatic carbocycles. The number of rotatable bonds is 2. The van der Waals surface area contributed by atoms with Gasteiger partial charge in [0.2, 0.25) is 0 Å². The SMILES string of the molecule is ON=C1CCC(Oc2ncc3c(n2)CCCC3)CC1. The Morgan fingerprint density at radius 2 is 1.95 bits per heavy atom. The van der Waals surface area contributed by atoms with E-state index in [1.165, 1.54) is 18.4 Å². The Hall–Kier alpha value is -1.65. The summed E-state index contributed by atoms with van der Waals surface area (Å²) in [6.45, 7) is 0. The van der Waals surface area contributed by atoms with Crippen LogP contribution in [0.1, 0.15) is 49.8 Å². The number of hydrogen-bond donors (Lipinski definition) is 1. The number of hydrogen-bond acceptors (Lipinski definition) is 5. The number of oxime groups is 1. The molecule has 0 aromatic carbocycles. The third-order valence-corrected chi connectivity index (χ3v) is 3.97. The first-order valence-corrected chi connectivity index (χ1v) is 7.06. The Balaban J connectivity index is 1.64. The summed E-state index contributed by atoms with van der Waals surface area (Å²) in [7, 11) is 0. The van der Waals surface area contributed by atoms with E-state index < -0.39 is 0 Å². The largest absolute Gasteiger partial charge is 0.460 e. The lowest BCUT2D eigenvalue weighted by Gasteiger charge is -2.23. The van der Waals surface area contributed by atoms with Crippen LogP contribution in [-0.4, -0.2) is 27.0 Å². The maximum absolute atomic E-state index is 8.72. The van der Waals surface area contributed by atoms with Crippen molar-refractivity contribution in [3.05, 3.63) is 17.5 Å². The molecule has 0 unspecified atom stereocenters. The van der Waals surface area contributed by atoms with Gasteiger partial charge in [-0.3, -0.25) is 0 Å². The van der Waals surface area contributed by atoms with Crippen LogP contribution in [0.25, 0.3) is 0 Å². The first-order valence-electron chi connectivity index (χ1n) is 7.06. The van der Waals surface area contributed by atoms with Crippen LogP contribution >= 0.6 is 0 Å². The van der Waals surface area contributed by atoms with Crippen molar-refractivity contribution in [2.45, 2.75) is 57.5 Å². The predicted molar refractivity (Wildman–Crippen MR) is 70.8 cm³/mol. The van der Waals surface area contributed by atoms with Crippen molar-refractivity contribution < 1.29 is 9.94 Å². The van der Waals surface area contributed by atoms with Gasteiger partial charge in [0, 0.05) is 6.20 Å². The van der Waals surface area contributed by atoms with Crippen molar-refractivity contribution in [1.29, 1.82) is 0 Å². The van der Waals surface area contributed by atoms with E-state index in [9.17, 15) is 0 Å². The van der Waals surface area contributed by atoms with Gasteiger partial charge in [0.05, 0.1) is 11.4 Å². The first-order chi connectivity index (χ1) is 9.35. The quantitative estimate of drug-likeness (QED) is 0.656. The minimum absolute atomic E-state index is 0.146. The number of ether oxygens (including phenoxy) is 1. The Bertz CT molecular complexity index is 478. The van der Waals surface area contributed by atoms with Crippen LogP contribution in [0.4, 0.5) is 0 Å². The van der Waals surface area contributed by atoms with Crippen LogP contribution in [0.5, 0.6) is 6.01 Å². The fourth-order valence-corrected chi connectivity index (χ4v) is 2.81. The molecule has 0 amide bonds. The molecule has 5 nitrogen and oxygen atoms in total. The van der Waals surface area contributed by atoms with E-state index in [4.69, 9.17) is 9.94 Å². The Labute approximate surface area is 112 Å². The number of fused-ring (bicyclic) bond motifs is 1. The van der Waals surface area contributed by atoms with E-state index in [-0.39, 0.29) is 6.10 Å². The molecule has 1 heterocycles. The average molecular weight is 261 g/mol. The minimum atomic E-state index is 0.146. The lowest BCUT2D eigenvalue weighted by molar-refractivity contribution is 0.161. The summed E-state index contributed by atoms with van der Waals surface area (Å²) in [5.41, 5.74) is 3.30. The molecular formula is C14H19N3O2. The van der Waals surface area contributed by atoms with Crippen LogP contribution in [-0.2, 0) is 12.8 Å². The molecule has 0 atom stereocenters. The molecule has 1 fully saturated rings. The van der Waals surface area contributed by atoms with E-state index in [0.29, 0.717) is 6.01 Å². The van der Waals surface area contributed by atoms with Gasteiger partial charge >= 0.3 is 6.01 Å². The molecule has 102 valence electrons. The average Bonchev–Trinajstić information content (AvgIpc) is 2.48. The Morgan fingerprint density at radius 3 is 2.74 bits per heavy atom. The van der Waals surface area contributed by atoms with Crippen molar-refractivity contribution in [2.24, 2.45) is 5.16 Å². The Kier molecular flexibility index (Phi) is 3.62. The first kappa shape index (κ1) is 12.4. The molecule has 3 rings (SSSR count). The van der Waals surface area contributed by atoms with Crippen LogP contribution in [0.15, 0.2) is 11.4 Å². The highest BCUT2D eigenvalue weighted by Crippen LogP contribution is 2.23. The van der Waals surface area contributed by atoms with Crippen LogP contribution in [0.3, 0.4) is 0 Å². The molecular weight excluding hydrogens is 242 g/mol. The molecule has 0 spiro atoms. The standard InChI is InChI=1S/C14H19N3O2/c18-17-11-5-7-12(8-6-11)19-14-15-9-10-3-1-2-4-13(10)16-14/h9,12,18H,1-8H2. The molecule has 1 N–H and O–H groups in total. The van der Waals surface area contributed by atoms with E-state index in [1.54, 1.807) is 0 Å². The van der Waals surface area contributed by atoms with E-state index in [0.717, 1.165) is 49.9 Å². The molecule has 1 aromatic heterocycles. The molecule has 1 aromatic rings. The van der Waals surface area contributed by atoms with E-state index >= 15 is 0 Å². The zero-order chi connectivity index (χ0) is 13.1. The normalized spacial score (nSPS) is 22.7. The van der Waals surface area contributed by atoms with Crippen molar-refractivity contribution in [2.75, 3.05) is 0 Å². The third kappa shape index (κ3) is 2.85. The molecule has 2 aliphatic rings. The van der Waals surface area contributed by atoms with Crippen LogP contribution in [0.2, 0.25) is 0 Å². The molecule has 5 heteroatoms. The Morgan fingerprint density at radius 1 is 1.16 bits per heavy atom. The fraction of sp³-hybridized carbons (Fsp3) is 0.643. The molecule has 1 saturated carbocycles. The maximum Gasteiger partial charge on any atom is 0.316 e. The highest BCUT2D eigenvalue weighted by atomic mass is 16.5. The second kappa shape index (κ2) is 5.55. The van der Waals surface area contributed by atoms with Crippen molar-refractivity contribution in [3.8, 4) is 6.01 Å². The molecule has 0 saturated heterocycles. The fourth-order valence-electron chi connectivity index (χ4n) is 2.81. The molecule has 0 radical (unpaired) electrons. The second-order valence-electron chi connectivity index (χ2n) is 5.32. The highest BCUT2D eigenvalue weighted by molar-refractivity contribution is 5.84. The van der Waals surface area contributed by atoms with Gasteiger partial charge in [0.25, 0.3) is 0 Å². The zero-order valence-corrected chi connectivity index (χ0v) is 11.0. The summed E-state index contributed by atoms with van der Waals surface area (Å²) in [6, 6.07) is 0.509.